The number of esters is 1. The Kier molecular flexibility index (Phi) is 8.54. The first-order valence-corrected chi connectivity index (χ1v) is 9.58. The molecule has 0 N–H and O–H groups in total. The highest BCUT2D eigenvalue weighted by Gasteiger charge is 2.42. The Hall–Kier alpha value is -2.51. The molecule has 0 atom stereocenters. The first-order valence-electron chi connectivity index (χ1n) is 9.58. The van der Waals surface area contributed by atoms with Gasteiger partial charge in [0.25, 0.3) is 0 Å². The quantitative estimate of drug-likeness (QED) is 0.269. The van der Waals surface area contributed by atoms with Gasteiger partial charge in [0.1, 0.15) is 0 Å². The fourth-order valence-electron chi connectivity index (χ4n) is 2.63. The van der Waals surface area contributed by atoms with Crippen LogP contribution in [0.2, 0.25) is 0 Å². The minimum absolute atomic E-state index is 0.0254. The number of rotatable bonds is 11. The van der Waals surface area contributed by atoms with Crippen molar-refractivity contribution in [3.63, 3.8) is 0 Å². The molecule has 0 fully saturated rings. The molecule has 2 rings (SSSR count). The van der Waals surface area contributed by atoms with E-state index in [0.29, 0.717) is 11.4 Å². The van der Waals surface area contributed by atoms with Crippen molar-refractivity contribution in [2.24, 2.45) is 0 Å². The minimum Gasteiger partial charge on any atom is -0.455 e. The summed E-state index contributed by atoms with van der Waals surface area (Å²) in [4.78, 5) is 20.4. The molecular formula is C21H24F4N2O2. The zero-order chi connectivity index (χ0) is 21.3. The van der Waals surface area contributed by atoms with Crippen LogP contribution in [0.15, 0.2) is 36.7 Å². The van der Waals surface area contributed by atoms with E-state index >= 15 is 0 Å². The highest BCUT2D eigenvalue weighted by Crippen LogP contribution is 2.23. The smallest absolute Gasteiger partial charge is 0.340 e. The number of carbonyl (C=O) groups excluding carboxylic acids is 1. The molecule has 0 aliphatic rings. The molecule has 29 heavy (non-hydrogen) atoms. The van der Waals surface area contributed by atoms with Crippen LogP contribution in [-0.4, -0.2) is 34.9 Å². The Morgan fingerprint density at radius 1 is 1.03 bits per heavy atom. The van der Waals surface area contributed by atoms with Crippen molar-refractivity contribution >= 4 is 5.97 Å². The molecule has 0 bridgehead atoms. The van der Waals surface area contributed by atoms with Crippen molar-refractivity contribution in [2.45, 2.75) is 57.8 Å². The Morgan fingerprint density at radius 3 is 2.24 bits per heavy atom. The lowest BCUT2D eigenvalue weighted by molar-refractivity contribution is -0.155. The number of benzene rings is 1. The molecule has 0 aliphatic carbocycles. The van der Waals surface area contributed by atoms with Crippen molar-refractivity contribution in [3.8, 4) is 11.4 Å². The number of aryl methyl sites for hydroxylation is 1. The zero-order valence-corrected chi connectivity index (χ0v) is 16.2. The first-order chi connectivity index (χ1) is 13.8. The van der Waals surface area contributed by atoms with Gasteiger partial charge in [0.2, 0.25) is 0 Å². The minimum atomic E-state index is -4.37. The molecule has 0 saturated heterocycles. The summed E-state index contributed by atoms with van der Waals surface area (Å²) in [5, 5.41) is 0. The molecule has 0 radical (unpaired) electrons. The van der Waals surface area contributed by atoms with Crippen molar-refractivity contribution in [3.05, 3.63) is 47.8 Å². The Bertz CT molecular complexity index is 765. The molecule has 1 aromatic heterocycles. The van der Waals surface area contributed by atoms with E-state index in [1.165, 1.54) is 37.8 Å². The van der Waals surface area contributed by atoms with Gasteiger partial charge >= 0.3 is 18.3 Å². The summed E-state index contributed by atoms with van der Waals surface area (Å²) in [7, 11) is 0. The zero-order valence-electron chi connectivity index (χ0n) is 16.2. The number of halogens is 4. The first kappa shape index (κ1) is 22.8. The molecule has 0 aliphatic heterocycles. The van der Waals surface area contributed by atoms with E-state index in [9.17, 15) is 22.4 Å². The van der Waals surface area contributed by atoms with Crippen molar-refractivity contribution in [2.75, 3.05) is 6.61 Å². The largest absolute Gasteiger partial charge is 0.455 e. The summed E-state index contributed by atoms with van der Waals surface area (Å²) in [6.07, 6.45) is 6.48. The standard InChI is InChI=1S/C21H24F4N2O2/c1-2-3-4-5-6-7-15-12-26-18(27-13-15)16-8-10-17(11-9-16)19(28)29-14-21(24,25)20(22)23/h8-13,20H,2-7,14H2,1H3. The molecule has 0 spiro atoms. The molecule has 8 heteroatoms. The molecule has 158 valence electrons. The van der Waals surface area contributed by atoms with Crippen LogP contribution in [0.5, 0.6) is 0 Å². The maximum atomic E-state index is 12.8. The van der Waals surface area contributed by atoms with E-state index < -0.39 is 24.9 Å². The highest BCUT2D eigenvalue weighted by molar-refractivity contribution is 5.89. The Labute approximate surface area is 167 Å². The number of aromatic nitrogens is 2. The van der Waals surface area contributed by atoms with Gasteiger partial charge in [-0.25, -0.2) is 23.5 Å². The third-order valence-corrected chi connectivity index (χ3v) is 4.37. The lowest BCUT2D eigenvalue weighted by Gasteiger charge is -2.15. The number of hydrogen-bond donors (Lipinski definition) is 0. The van der Waals surface area contributed by atoms with Gasteiger partial charge in [0, 0.05) is 18.0 Å². The van der Waals surface area contributed by atoms with E-state index in [4.69, 9.17) is 0 Å². The van der Waals surface area contributed by atoms with E-state index in [1.807, 2.05) is 0 Å². The Balaban J connectivity index is 1.90. The van der Waals surface area contributed by atoms with Gasteiger partial charge in [0.15, 0.2) is 12.4 Å². The summed E-state index contributed by atoms with van der Waals surface area (Å²) in [5.41, 5.74) is 1.65. The van der Waals surface area contributed by atoms with Gasteiger partial charge in [0.05, 0.1) is 5.56 Å². The summed E-state index contributed by atoms with van der Waals surface area (Å²) < 4.78 is 54.1. The van der Waals surface area contributed by atoms with Gasteiger partial charge in [-0.05, 0) is 30.5 Å². The predicted molar refractivity (Wildman–Crippen MR) is 101 cm³/mol. The van der Waals surface area contributed by atoms with Gasteiger partial charge in [-0.15, -0.1) is 0 Å². The van der Waals surface area contributed by atoms with Crippen molar-refractivity contribution < 1.29 is 27.1 Å². The average Bonchev–Trinajstić information content (AvgIpc) is 2.72. The average molecular weight is 412 g/mol. The van der Waals surface area contributed by atoms with Crippen LogP contribution < -0.4 is 0 Å². The molecule has 1 aromatic carbocycles. The number of unbranched alkanes of at least 4 members (excludes halogenated alkanes) is 4. The second-order valence-electron chi connectivity index (χ2n) is 6.79. The molecule has 2 aromatic rings. The summed E-state index contributed by atoms with van der Waals surface area (Å²) >= 11 is 0. The van der Waals surface area contributed by atoms with Crippen LogP contribution >= 0.6 is 0 Å². The second kappa shape index (κ2) is 10.9. The molecule has 1 heterocycles. The van der Waals surface area contributed by atoms with E-state index in [1.54, 1.807) is 24.5 Å². The third-order valence-electron chi connectivity index (χ3n) is 4.37. The van der Waals surface area contributed by atoms with E-state index in [2.05, 4.69) is 21.6 Å². The van der Waals surface area contributed by atoms with Gasteiger partial charge < -0.3 is 4.74 Å². The summed E-state index contributed by atoms with van der Waals surface area (Å²) in [6.45, 7) is 0.502. The number of alkyl halides is 4. The normalized spacial score (nSPS) is 11.7. The van der Waals surface area contributed by atoms with E-state index in [0.717, 1.165) is 18.4 Å². The second-order valence-corrected chi connectivity index (χ2v) is 6.79. The van der Waals surface area contributed by atoms with Crippen LogP contribution in [0.1, 0.15) is 54.9 Å². The molecule has 0 amide bonds. The maximum Gasteiger partial charge on any atom is 0.340 e. The van der Waals surface area contributed by atoms with Crippen LogP contribution in [0.3, 0.4) is 0 Å². The molecule has 0 saturated carbocycles. The van der Waals surface area contributed by atoms with Crippen molar-refractivity contribution in [1.82, 2.24) is 9.97 Å². The lowest BCUT2D eigenvalue weighted by atomic mass is 10.1. The van der Waals surface area contributed by atoms with Gasteiger partial charge in [-0.2, -0.15) is 8.78 Å². The Morgan fingerprint density at radius 2 is 1.66 bits per heavy atom. The van der Waals surface area contributed by atoms with E-state index in [-0.39, 0.29) is 5.56 Å². The molecule has 4 nitrogen and oxygen atoms in total. The highest BCUT2D eigenvalue weighted by atomic mass is 19.3. The number of carbonyl (C=O) groups is 1. The predicted octanol–water partition coefficient (Wildman–Crippen LogP) is 5.71. The van der Waals surface area contributed by atoms with Crippen LogP contribution in [0.25, 0.3) is 11.4 Å². The SMILES string of the molecule is CCCCCCCc1cnc(-c2ccc(C(=O)OCC(F)(F)C(F)F)cc2)nc1. The van der Waals surface area contributed by atoms with Gasteiger partial charge in [-0.3, -0.25) is 0 Å². The van der Waals surface area contributed by atoms with Crippen LogP contribution in [-0.2, 0) is 11.2 Å². The van der Waals surface area contributed by atoms with Gasteiger partial charge in [-0.1, -0.05) is 44.7 Å². The molecular weight excluding hydrogens is 388 g/mol. The monoisotopic (exact) mass is 412 g/mol. The topological polar surface area (TPSA) is 52.1 Å². The summed E-state index contributed by atoms with van der Waals surface area (Å²) in [6, 6.07) is 5.79. The molecule has 0 unspecified atom stereocenters. The number of nitrogens with zero attached hydrogens (tertiary/aromatic N) is 2. The summed E-state index contributed by atoms with van der Waals surface area (Å²) in [5.74, 6) is -5.01. The number of hydrogen-bond acceptors (Lipinski definition) is 4. The fourth-order valence-corrected chi connectivity index (χ4v) is 2.63. The third kappa shape index (κ3) is 7.11. The lowest BCUT2D eigenvalue weighted by Crippen LogP contribution is -2.33. The number of ether oxygens (including phenoxy) is 1. The fraction of sp³-hybridized carbons (Fsp3) is 0.476. The maximum absolute atomic E-state index is 12.8. The van der Waals surface area contributed by atoms with Crippen LogP contribution in [0, 0.1) is 0 Å². The van der Waals surface area contributed by atoms with Crippen LogP contribution in [0.4, 0.5) is 17.6 Å². The van der Waals surface area contributed by atoms with Crippen molar-refractivity contribution in [1.29, 1.82) is 0 Å².